The number of nitrogens with zero attached hydrogens (tertiary/aromatic N) is 1. The molecule has 2 rings (SSSR count). The van der Waals surface area contributed by atoms with E-state index in [1.54, 1.807) is 12.1 Å². The van der Waals surface area contributed by atoms with Gasteiger partial charge in [-0.15, -0.1) is 0 Å². The van der Waals surface area contributed by atoms with Crippen LogP contribution in [0.3, 0.4) is 0 Å². The Morgan fingerprint density at radius 2 is 2.37 bits per heavy atom. The van der Waals surface area contributed by atoms with Crippen LogP contribution >= 0.6 is 0 Å². The Hall–Kier alpha value is -1.66. The molecule has 1 amide bonds. The van der Waals surface area contributed by atoms with E-state index in [-0.39, 0.29) is 18.1 Å². The summed E-state index contributed by atoms with van der Waals surface area (Å²) in [5, 5.41) is 2.99. The van der Waals surface area contributed by atoms with Crippen LogP contribution in [-0.4, -0.2) is 29.6 Å². The number of pyridine rings is 1. The van der Waals surface area contributed by atoms with Crippen LogP contribution in [-0.2, 0) is 11.2 Å². The number of carbonyl (C=O) groups is 1. The van der Waals surface area contributed by atoms with Gasteiger partial charge in [-0.1, -0.05) is 6.92 Å². The van der Waals surface area contributed by atoms with E-state index in [9.17, 15) is 4.79 Å². The van der Waals surface area contributed by atoms with Gasteiger partial charge in [-0.25, -0.2) is 10.8 Å². The summed E-state index contributed by atoms with van der Waals surface area (Å²) in [6.07, 6.45) is 1.66. The van der Waals surface area contributed by atoms with Crippen LogP contribution in [0.2, 0.25) is 0 Å². The van der Waals surface area contributed by atoms with Gasteiger partial charge in [-0.3, -0.25) is 4.79 Å². The largest absolute Gasteiger partial charge is 0.376 e. The van der Waals surface area contributed by atoms with Gasteiger partial charge in [0, 0.05) is 17.9 Å². The molecule has 0 saturated carbocycles. The summed E-state index contributed by atoms with van der Waals surface area (Å²) in [6.45, 7) is 4.64. The van der Waals surface area contributed by atoms with Crippen molar-refractivity contribution < 1.29 is 9.53 Å². The lowest BCUT2D eigenvalue weighted by molar-refractivity contribution is 0.0866. The highest BCUT2D eigenvalue weighted by atomic mass is 16.5. The number of aromatic nitrogens is 1. The zero-order chi connectivity index (χ0) is 13.8. The molecule has 2 unspecified atom stereocenters. The first-order valence-corrected chi connectivity index (χ1v) is 6.54. The lowest BCUT2D eigenvalue weighted by atomic mass is 10.1. The number of hydrogen-bond acceptors (Lipinski definition) is 5. The molecular weight excluding hydrogens is 244 g/mol. The zero-order valence-corrected chi connectivity index (χ0v) is 11.3. The standard InChI is InChI=1S/C13H20N4O2/c1-3-10-6-9(7-12(15-10)17-14)13(18)16-11-4-5-19-8(11)2/h6-8,11H,3-5,14H2,1-2H3,(H,15,17)(H,16,18). The number of anilines is 1. The lowest BCUT2D eigenvalue weighted by Gasteiger charge is -2.16. The fourth-order valence-corrected chi connectivity index (χ4v) is 2.15. The third kappa shape index (κ3) is 3.21. The number of hydrogen-bond donors (Lipinski definition) is 3. The van der Waals surface area contributed by atoms with E-state index in [1.807, 2.05) is 13.8 Å². The van der Waals surface area contributed by atoms with E-state index in [2.05, 4.69) is 15.7 Å². The Morgan fingerprint density at radius 3 is 2.95 bits per heavy atom. The molecule has 1 saturated heterocycles. The number of hydrazine groups is 1. The first-order valence-electron chi connectivity index (χ1n) is 6.54. The van der Waals surface area contributed by atoms with Gasteiger partial charge in [0.05, 0.1) is 12.1 Å². The number of carbonyl (C=O) groups excluding carboxylic acids is 1. The number of nitrogens with one attached hydrogen (secondary N) is 2. The van der Waals surface area contributed by atoms with Gasteiger partial charge in [0.2, 0.25) is 0 Å². The molecule has 0 aromatic carbocycles. The number of nitrogens with two attached hydrogens (primary N) is 1. The first-order chi connectivity index (χ1) is 9.13. The SMILES string of the molecule is CCc1cc(C(=O)NC2CCOC2C)cc(NN)n1. The van der Waals surface area contributed by atoms with Gasteiger partial charge in [-0.2, -0.15) is 0 Å². The molecule has 1 aliphatic heterocycles. The molecule has 104 valence electrons. The summed E-state index contributed by atoms with van der Waals surface area (Å²) in [5.74, 6) is 5.75. The van der Waals surface area contributed by atoms with Gasteiger partial charge in [0.1, 0.15) is 5.82 Å². The van der Waals surface area contributed by atoms with E-state index < -0.39 is 0 Å². The maximum absolute atomic E-state index is 12.2. The minimum absolute atomic E-state index is 0.0588. The van der Waals surface area contributed by atoms with Gasteiger partial charge in [0.25, 0.3) is 5.91 Å². The molecule has 6 nitrogen and oxygen atoms in total. The fraction of sp³-hybridized carbons (Fsp3) is 0.538. The Morgan fingerprint density at radius 1 is 1.58 bits per heavy atom. The average molecular weight is 264 g/mol. The van der Waals surface area contributed by atoms with Crippen LogP contribution in [0.15, 0.2) is 12.1 Å². The predicted molar refractivity (Wildman–Crippen MR) is 72.7 cm³/mol. The molecule has 1 fully saturated rings. The Labute approximate surface area is 112 Å². The van der Waals surface area contributed by atoms with Crippen molar-refractivity contribution in [2.75, 3.05) is 12.0 Å². The average Bonchev–Trinajstić information content (AvgIpc) is 2.83. The summed E-state index contributed by atoms with van der Waals surface area (Å²) in [4.78, 5) is 16.5. The molecule has 6 heteroatoms. The Kier molecular flexibility index (Phi) is 4.34. The highest BCUT2D eigenvalue weighted by molar-refractivity contribution is 5.95. The van der Waals surface area contributed by atoms with Crippen molar-refractivity contribution in [1.29, 1.82) is 0 Å². The smallest absolute Gasteiger partial charge is 0.251 e. The van der Waals surface area contributed by atoms with Crippen molar-refractivity contribution >= 4 is 11.7 Å². The normalized spacial score (nSPS) is 22.3. The minimum Gasteiger partial charge on any atom is -0.376 e. The number of nitrogen functional groups attached to an aromatic ring is 1. The van der Waals surface area contributed by atoms with E-state index in [0.717, 1.165) is 18.5 Å². The second-order valence-electron chi connectivity index (χ2n) is 4.67. The third-order valence-corrected chi connectivity index (χ3v) is 3.34. The Bertz CT molecular complexity index is 442. The molecule has 19 heavy (non-hydrogen) atoms. The summed E-state index contributed by atoms with van der Waals surface area (Å²) < 4.78 is 5.43. The van der Waals surface area contributed by atoms with Crippen LogP contribution in [0.1, 0.15) is 36.3 Å². The van der Waals surface area contributed by atoms with Crippen molar-refractivity contribution in [1.82, 2.24) is 10.3 Å². The molecule has 0 aliphatic carbocycles. The van der Waals surface area contributed by atoms with Crippen molar-refractivity contribution in [3.8, 4) is 0 Å². The molecule has 1 aromatic heterocycles. The summed E-state index contributed by atoms with van der Waals surface area (Å²) in [7, 11) is 0. The summed E-state index contributed by atoms with van der Waals surface area (Å²) in [5.41, 5.74) is 3.88. The van der Waals surface area contributed by atoms with Gasteiger partial charge >= 0.3 is 0 Å². The molecule has 0 spiro atoms. The topological polar surface area (TPSA) is 89.3 Å². The summed E-state index contributed by atoms with van der Waals surface area (Å²) >= 11 is 0. The van der Waals surface area contributed by atoms with E-state index in [0.29, 0.717) is 18.0 Å². The van der Waals surface area contributed by atoms with E-state index >= 15 is 0 Å². The first kappa shape index (κ1) is 13.8. The molecule has 1 aromatic rings. The molecular formula is C13H20N4O2. The van der Waals surface area contributed by atoms with Crippen LogP contribution in [0.25, 0.3) is 0 Å². The van der Waals surface area contributed by atoms with Gasteiger partial charge < -0.3 is 15.5 Å². The van der Waals surface area contributed by atoms with Crippen LogP contribution < -0.4 is 16.6 Å². The van der Waals surface area contributed by atoms with Crippen LogP contribution in [0.5, 0.6) is 0 Å². The molecule has 2 atom stereocenters. The molecule has 0 radical (unpaired) electrons. The second kappa shape index (κ2) is 5.99. The zero-order valence-electron chi connectivity index (χ0n) is 11.3. The van der Waals surface area contributed by atoms with E-state index in [4.69, 9.17) is 10.6 Å². The molecule has 4 N–H and O–H groups in total. The maximum atomic E-state index is 12.2. The van der Waals surface area contributed by atoms with Crippen molar-refractivity contribution in [3.63, 3.8) is 0 Å². The lowest BCUT2D eigenvalue weighted by Crippen LogP contribution is -2.39. The van der Waals surface area contributed by atoms with Crippen molar-refractivity contribution in [2.24, 2.45) is 5.84 Å². The number of aryl methyl sites for hydroxylation is 1. The fourth-order valence-electron chi connectivity index (χ4n) is 2.15. The van der Waals surface area contributed by atoms with Crippen LogP contribution in [0.4, 0.5) is 5.82 Å². The van der Waals surface area contributed by atoms with Crippen LogP contribution in [0, 0.1) is 0 Å². The Balaban J connectivity index is 2.13. The second-order valence-corrected chi connectivity index (χ2v) is 4.67. The summed E-state index contributed by atoms with van der Waals surface area (Å²) in [6, 6.07) is 3.51. The maximum Gasteiger partial charge on any atom is 0.251 e. The quantitative estimate of drug-likeness (QED) is 0.554. The third-order valence-electron chi connectivity index (χ3n) is 3.34. The number of amides is 1. The van der Waals surface area contributed by atoms with Gasteiger partial charge in [-0.05, 0) is 31.9 Å². The van der Waals surface area contributed by atoms with E-state index in [1.165, 1.54) is 0 Å². The highest BCUT2D eigenvalue weighted by Crippen LogP contribution is 2.15. The molecule has 0 bridgehead atoms. The molecule has 1 aliphatic rings. The van der Waals surface area contributed by atoms with Gasteiger partial charge in [0.15, 0.2) is 0 Å². The number of ether oxygens (including phenoxy) is 1. The predicted octanol–water partition coefficient (Wildman–Crippen LogP) is 0.837. The van der Waals surface area contributed by atoms with Crippen molar-refractivity contribution in [2.45, 2.75) is 38.8 Å². The molecule has 2 heterocycles. The monoisotopic (exact) mass is 264 g/mol. The highest BCUT2D eigenvalue weighted by Gasteiger charge is 2.26. The number of rotatable bonds is 4. The van der Waals surface area contributed by atoms with Crippen molar-refractivity contribution in [3.05, 3.63) is 23.4 Å². The minimum atomic E-state index is -0.115.